The average Bonchev–Trinajstić information content (AvgIpc) is 2.16. The first-order valence-corrected chi connectivity index (χ1v) is 3.95. The van der Waals surface area contributed by atoms with Gasteiger partial charge in [-0.3, -0.25) is 9.78 Å². The highest BCUT2D eigenvalue weighted by atomic mass is 16.5. The second kappa shape index (κ2) is 4.39. The van der Waals surface area contributed by atoms with Crippen LogP contribution in [0.5, 0.6) is 0 Å². The van der Waals surface area contributed by atoms with Gasteiger partial charge in [-0.25, -0.2) is 4.98 Å². The Kier molecular flexibility index (Phi) is 3.19. The van der Waals surface area contributed by atoms with Crippen LogP contribution in [0.25, 0.3) is 0 Å². The number of nitrogens with zero attached hydrogens (tertiary/aromatic N) is 2. The summed E-state index contributed by atoms with van der Waals surface area (Å²) in [7, 11) is 0. The molecule has 1 aromatic rings. The first-order valence-electron chi connectivity index (χ1n) is 3.95. The Morgan fingerprint density at radius 3 is 2.85 bits per heavy atom. The molecule has 0 bridgehead atoms. The average molecular weight is 181 g/mol. The fraction of sp³-hybridized carbons (Fsp3) is 0.375. The summed E-state index contributed by atoms with van der Waals surface area (Å²) in [5.74, 6) is 0.0245. The molecule has 0 aliphatic rings. The Balaban J connectivity index is 2.54. The summed E-state index contributed by atoms with van der Waals surface area (Å²) >= 11 is 0. The molecule has 1 heterocycles. The number of hydrogen-bond donors (Lipinski definition) is 1. The quantitative estimate of drug-likeness (QED) is 0.687. The zero-order chi connectivity index (χ0) is 9.68. The molecule has 0 aliphatic carbocycles. The van der Waals surface area contributed by atoms with E-state index in [0.29, 0.717) is 17.9 Å². The highest BCUT2D eigenvalue weighted by molar-refractivity contribution is 5.68. The maximum atomic E-state index is 10.8. The minimum atomic E-state index is -0.273. The molecule has 0 amide bonds. The van der Waals surface area contributed by atoms with Gasteiger partial charge in [-0.15, -0.1) is 0 Å². The SMILES string of the molecule is CCC(=O)OCc1nccnc1N. The molecular formula is C8H11N3O2. The molecule has 0 unspecified atom stereocenters. The van der Waals surface area contributed by atoms with E-state index >= 15 is 0 Å². The Morgan fingerprint density at radius 2 is 2.23 bits per heavy atom. The molecule has 13 heavy (non-hydrogen) atoms. The van der Waals surface area contributed by atoms with Crippen LogP contribution in [0.3, 0.4) is 0 Å². The number of rotatable bonds is 3. The van der Waals surface area contributed by atoms with Crippen molar-refractivity contribution in [3.8, 4) is 0 Å². The molecule has 5 heteroatoms. The van der Waals surface area contributed by atoms with Gasteiger partial charge in [0, 0.05) is 18.8 Å². The third-order valence-electron chi connectivity index (χ3n) is 1.46. The lowest BCUT2D eigenvalue weighted by Gasteiger charge is -2.03. The number of nitrogen functional groups attached to an aromatic ring is 1. The summed E-state index contributed by atoms with van der Waals surface area (Å²) in [5, 5.41) is 0. The van der Waals surface area contributed by atoms with Gasteiger partial charge in [0.2, 0.25) is 0 Å². The van der Waals surface area contributed by atoms with Crippen LogP contribution < -0.4 is 5.73 Å². The molecular weight excluding hydrogens is 170 g/mol. The Morgan fingerprint density at radius 1 is 1.54 bits per heavy atom. The third kappa shape index (κ3) is 2.70. The summed E-state index contributed by atoms with van der Waals surface area (Å²) in [6.45, 7) is 1.81. The van der Waals surface area contributed by atoms with Gasteiger partial charge in [0.15, 0.2) is 0 Å². The third-order valence-corrected chi connectivity index (χ3v) is 1.46. The lowest BCUT2D eigenvalue weighted by molar-refractivity contribution is -0.144. The summed E-state index contributed by atoms with van der Waals surface area (Å²) in [4.78, 5) is 18.5. The molecule has 5 nitrogen and oxygen atoms in total. The maximum Gasteiger partial charge on any atom is 0.305 e. The van der Waals surface area contributed by atoms with Gasteiger partial charge in [-0.05, 0) is 0 Å². The number of aromatic nitrogens is 2. The molecule has 70 valence electrons. The summed E-state index contributed by atoms with van der Waals surface area (Å²) in [6, 6.07) is 0. The van der Waals surface area contributed by atoms with Crippen LogP contribution in [-0.4, -0.2) is 15.9 Å². The molecule has 0 spiro atoms. The van der Waals surface area contributed by atoms with Gasteiger partial charge in [0.05, 0.1) is 0 Å². The molecule has 0 saturated heterocycles. The van der Waals surface area contributed by atoms with E-state index in [1.165, 1.54) is 12.4 Å². The highest BCUT2D eigenvalue weighted by Crippen LogP contribution is 2.04. The van der Waals surface area contributed by atoms with Crippen molar-refractivity contribution in [1.82, 2.24) is 9.97 Å². The minimum absolute atomic E-state index is 0.0896. The van der Waals surface area contributed by atoms with E-state index in [1.54, 1.807) is 6.92 Å². The first-order chi connectivity index (χ1) is 6.24. The van der Waals surface area contributed by atoms with Crippen molar-refractivity contribution in [2.24, 2.45) is 0 Å². The molecule has 2 N–H and O–H groups in total. The molecule has 0 fully saturated rings. The summed E-state index contributed by atoms with van der Waals surface area (Å²) in [5.41, 5.74) is 5.97. The monoisotopic (exact) mass is 181 g/mol. The number of carbonyl (C=O) groups excluding carboxylic acids is 1. The van der Waals surface area contributed by atoms with Crippen molar-refractivity contribution in [2.75, 3.05) is 5.73 Å². The normalized spacial score (nSPS) is 9.62. The number of esters is 1. The van der Waals surface area contributed by atoms with Gasteiger partial charge >= 0.3 is 5.97 Å². The van der Waals surface area contributed by atoms with E-state index in [1.807, 2.05) is 0 Å². The van der Waals surface area contributed by atoms with Gasteiger partial charge in [-0.1, -0.05) is 6.92 Å². The van der Waals surface area contributed by atoms with E-state index < -0.39 is 0 Å². The number of anilines is 1. The first kappa shape index (κ1) is 9.44. The largest absolute Gasteiger partial charge is 0.459 e. The van der Waals surface area contributed by atoms with Crippen LogP contribution in [-0.2, 0) is 16.1 Å². The topological polar surface area (TPSA) is 78.1 Å². The second-order valence-electron chi connectivity index (χ2n) is 2.40. The Labute approximate surface area is 75.9 Å². The molecule has 0 aliphatic heterocycles. The lowest BCUT2D eigenvalue weighted by atomic mass is 10.4. The number of nitrogens with two attached hydrogens (primary N) is 1. The van der Waals surface area contributed by atoms with E-state index in [-0.39, 0.29) is 12.6 Å². The summed E-state index contributed by atoms with van der Waals surface area (Å²) in [6.07, 6.45) is 3.34. The van der Waals surface area contributed by atoms with Crippen molar-refractivity contribution in [1.29, 1.82) is 0 Å². The van der Waals surface area contributed by atoms with Crippen molar-refractivity contribution < 1.29 is 9.53 Å². The fourth-order valence-electron chi connectivity index (χ4n) is 0.740. The predicted molar refractivity (Wildman–Crippen MR) is 46.5 cm³/mol. The van der Waals surface area contributed by atoms with Crippen molar-refractivity contribution >= 4 is 11.8 Å². The maximum absolute atomic E-state index is 10.8. The minimum Gasteiger partial charge on any atom is -0.459 e. The van der Waals surface area contributed by atoms with Crippen LogP contribution in [0, 0.1) is 0 Å². The number of hydrogen-bond acceptors (Lipinski definition) is 5. The van der Waals surface area contributed by atoms with Gasteiger partial charge in [0.1, 0.15) is 18.1 Å². The predicted octanol–water partition coefficient (Wildman–Crippen LogP) is 0.512. The smallest absolute Gasteiger partial charge is 0.305 e. The zero-order valence-electron chi connectivity index (χ0n) is 7.36. The molecule has 1 aromatic heterocycles. The van der Waals surface area contributed by atoms with Crippen LogP contribution >= 0.6 is 0 Å². The van der Waals surface area contributed by atoms with Gasteiger partial charge in [0.25, 0.3) is 0 Å². The van der Waals surface area contributed by atoms with E-state index in [2.05, 4.69) is 9.97 Å². The van der Waals surface area contributed by atoms with E-state index in [4.69, 9.17) is 10.5 Å². The number of ether oxygens (including phenoxy) is 1. The Bertz CT molecular complexity index is 301. The molecule has 0 atom stereocenters. The van der Waals surface area contributed by atoms with E-state index in [0.717, 1.165) is 0 Å². The fourth-order valence-corrected chi connectivity index (χ4v) is 0.740. The van der Waals surface area contributed by atoms with Crippen molar-refractivity contribution in [3.63, 3.8) is 0 Å². The zero-order valence-corrected chi connectivity index (χ0v) is 7.36. The molecule has 0 radical (unpaired) electrons. The standard InChI is InChI=1S/C8H11N3O2/c1-2-7(12)13-5-6-8(9)11-4-3-10-6/h3-4H,2,5H2,1H3,(H2,9,11). The van der Waals surface area contributed by atoms with Crippen LogP contribution in [0.2, 0.25) is 0 Å². The molecule has 0 saturated carbocycles. The van der Waals surface area contributed by atoms with E-state index in [9.17, 15) is 4.79 Å². The van der Waals surface area contributed by atoms with Crippen LogP contribution in [0.4, 0.5) is 5.82 Å². The number of carbonyl (C=O) groups is 1. The van der Waals surface area contributed by atoms with Crippen LogP contribution in [0.1, 0.15) is 19.0 Å². The highest BCUT2D eigenvalue weighted by Gasteiger charge is 2.03. The summed E-state index contributed by atoms with van der Waals surface area (Å²) < 4.78 is 4.84. The molecule has 1 rings (SSSR count). The molecule has 0 aromatic carbocycles. The van der Waals surface area contributed by atoms with Crippen molar-refractivity contribution in [3.05, 3.63) is 18.1 Å². The van der Waals surface area contributed by atoms with Crippen molar-refractivity contribution in [2.45, 2.75) is 20.0 Å². The second-order valence-corrected chi connectivity index (χ2v) is 2.40. The lowest BCUT2D eigenvalue weighted by Crippen LogP contribution is -2.06. The Hall–Kier alpha value is -1.65. The van der Waals surface area contributed by atoms with Gasteiger partial charge in [-0.2, -0.15) is 0 Å². The van der Waals surface area contributed by atoms with Gasteiger partial charge < -0.3 is 10.5 Å². The van der Waals surface area contributed by atoms with Crippen LogP contribution in [0.15, 0.2) is 12.4 Å².